The third-order valence-corrected chi connectivity index (χ3v) is 4.05. The van der Waals surface area contributed by atoms with Crippen molar-refractivity contribution in [3.8, 4) is 0 Å². The van der Waals surface area contributed by atoms with Gasteiger partial charge in [0.25, 0.3) is 0 Å². The second-order valence-electron chi connectivity index (χ2n) is 5.79. The van der Waals surface area contributed by atoms with Crippen LogP contribution in [0.3, 0.4) is 0 Å². The van der Waals surface area contributed by atoms with Crippen LogP contribution in [-0.4, -0.2) is 24.5 Å². The van der Waals surface area contributed by atoms with Crippen molar-refractivity contribution in [2.75, 3.05) is 0 Å². The summed E-state index contributed by atoms with van der Waals surface area (Å²) in [6, 6.07) is 5.81. The summed E-state index contributed by atoms with van der Waals surface area (Å²) in [5.41, 5.74) is 1.85. The molecule has 1 saturated heterocycles. The lowest BCUT2D eigenvalue weighted by Gasteiger charge is -2.32. The molecule has 1 aliphatic heterocycles. The lowest BCUT2D eigenvalue weighted by molar-refractivity contribution is 0.00578. The number of hydrogen-bond donors (Lipinski definition) is 1. The Hall–Kier alpha value is -1.39. The van der Waals surface area contributed by atoms with E-state index in [-0.39, 0.29) is 11.2 Å². The summed E-state index contributed by atoms with van der Waals surface area (Å²) in [5, 5.41) is 7.61. The van der Waals surface area contributed by atoms with E-state index in [0.29, 0.717) is 0 Å². The Balaban J connectivity index is 2.45. The normalized spacial score (nSPS) is 20.3. The van der Waals surface area contributed by atoms with E-state index in [1.54, 1.807) is 6.08 Å². The van der Waals surface area contributed by atoms with E-state index in [1.807, 2.05) is 45.9 Å². The van der Waals surface area contributed by atoms with Crippen LogP contribution >= 0.6 is 0 Å². The van der Waals surface area contributed by atoms with Gasteiger partial charge in [0.1, 0.15) is 0 Å². The molecule has 100 valence electrons. The lowest BCUT2D eigenvalue weighted by Crippen LogP contribution is -2.41. The highest BCUT2D eigenvalue weighted by molar-refractivity contribution is 6.63. The van der Waals surface area contributed by atoms with Gasteiger partial charge in [0.2, 0.25) is 0 Å². The Morgan fingerprint density at radius 1 is 1.16 bits per heavy atom. The molecule has 0 spiro atoms. The first-order valence-electron chi connectivity index (χ1n) is 6.44. The van der Waals surface area contributed by atoms with Gasteiger partial charge >= 0.3 is 7.12 Å². The van der Waals surface area contributed by atoms with Crippen LogP contribution in [0, 0.1) is 5.41 Å². The van der Waals surface area contributed by atoms with E-state index in [9.17, 15) is 0 Å². The highest BCUT2D eigenvalue weighted by Crippen LogP contribution is 2.36. The van der Waals surface area contributed by atoms with E-state index in [0.717, 1.165) is 16.6 Å². The first-order chi connectivity index (χ1) is 8.82. The van der Waals surface area contributed by atoms with E-state index in [1.165, 1.54) is 6.21 Å². The molecule has 0 radical (unpaired) electrons. The van der Waals surface area contributed by atoms with Gasteiger partial charge in [-0.3, -0.25) is 0 Å². The van der Waals surface area contributed by atoms with Crippen molar-refractivity contribution in [1.82, 2.24) is 0 Å². The zero-order valence-electron chi connectivity index (χ0n) is 12.0. The summed E-state index contributed by atoms with van der Waals surface area (Å²) < 4.78 is 12.1. The minimum atomic E-state index is -0.443. The highest BCUT2D eigenvalue weighted by atomic mass is 16.7. The Morgan fingerprint density at radius 2 is 1.74 bits per heavy atom. The molecule has 0 aromatic heterocycles. The van der Waals surface area contributed by atoms with Crippen molar-refractivity contribution in [2.45, 2.75) is 38.9 Å². The third kappa shape index (κ3) is 2.26. The van der Waals surface area contributed by atoms with Gasteiger partial charge in [-0.2, -0.15) is 0 Å². The summed E-state index contributed by atoms with van der Waals surface area (Å²) in [4.78, 5) is 0. The zero-order chi connectivity index (χ0) is 14.3. The van der Waals surface area contributed by atoms with Crippen molar-refractivity contribution in [3.63, 3.8) is 0 Å². The maximum Gasteiger partial charge on any atom is 0.495 e. The molecular weight excluding hydrogens is 237 g/mol. The Bertz CT molecular complexity index is 507. The minimum absolute atomic E-state index is 0.374. The molecule has 0 atom stereocenters. The van der Waals surface area contributed by atoms with Crippen LogP contribution in [-0.2, 0) is 9.31 Å². The number of benzene rings is 1. The quantitative estimate of drug-likeness (QED) is 0.668. The number of hydrogen-bond acceptors (Lipinski definition) is 3. The van der Waals surface area contributed by atoms with Gasteiger partial charge in [-0.1, -0.05) is 30.9 Å². The van der Waals surface area contributed by atoms with Gasteiger partial charge < -0.3 is 14.7 Å². The van der Waals surface area contributed by atoms with Crippen LogP contribution in [0.1, 0.15) is 38.8 Å². The van der Waals surface area contributed by atoms with E-state index < -0.39 is 7.12 Å². The molecule has 0 unspecified atom stereocenters. The maximum atomic E-state index is 7.61. The summed E-state index contributed by atoms with van der Waals surface area (Å²) in [6.07, 6.45) is 3.08. The molecule has 0 aliphatic carbocycles. The first kappa shape index (κ1) is 14.0. The molecule has 19 heavy (non-hydrogen) atoms. The molecule has 1 aliphatic rings. The summed E-state index contributed by atoms with van der Waals surface area (Å²) >= 11 is 0. The van der Waals surface area contributed by atoms with Crippen LogP contribution in [0.4, 0.5) is 0 Å². The molecule has 1 fully saturated rings. The van der Waals surface area contributed by atoms with Crippen molar-refractivity contribution in [2.24, 2.45) is 0 Å². The van der Waals surface area contributed by atoms with Crippen LogP contribution in [0.15, 0.2) is 24.8 Å². The van der Waals surface area contributed by atoms with Gasteiger partial charge in [0.15, 0.2) is 0 Å². The Morgan fingerprint density at radius 3 is 2.21 bits per heavy atom. The van der Waals surface area contributed by atoms with Crippen molar-refractivity contribution >= 4 is 24.9 Å². The van der Waals surface area contributed by atoms with Gasteiger partial charge in [0, 0.05) is 6.21 Å². The fraction of sp³-hybridized carbons (Fsp3) is 0.400. The average Bonchev–Trinajstić information content (AvgIpc) is 2.57. The topological polar surface area (TPSA) is 42.3 Å². The van der Waals surface area contributed by atoms with Gasteiger partial charge in [0.05, 0.1) is 11.2 Å². The standard InChI is InChI=1S/C15H20BNO2/c1-6-11-8-7-9-13(12(11)10-17)16-18-14(2,3)15(4,5)19-16/h6-10,17H,1H2,2-5H3. The van der Waals surface area contributed by atoms with Gasteiger partial charge in [-0.15, -0.1) is 0 Å². The molecule has 1 N–H and O–H groups in total. The molecule has 0 saturated carbocycles. The van der Waals surface area contributed by atoms with Crippen molar-refractivity contribution in [1.29, 1.82) is 5.41 Å². The molecule has 1 aromatic rings. The summed E-state index contributed by atoms with van der Waals surface area (Å²) in [7, 11) is -0.443. The third-order valence-electron chi connectivity index (χ3n) is 4.05. The van der Waals surface area contributed by atoms with Crippen LogP contribution < -0.4 is 5.46 Å². The largest absolute Gasteiger partial charge is 0.495 e. The lowest BCUT2D eigenvalue weighted by atomic mass is 9.75. The molecular formula is C15H20BNO2. The molecule has 1 heterocycles. The highest BCUT2D eigenvalue weighted by Gasteiger charge is 2.52. The summed E-state index contributed by atoms with van der Waals surface area (Å²) in [6.45, 7) is 11.9. The van der Waals surface area contributed by atoms with Crippen LogP contribution in [0.25, 0.3) is 6.08 Å². The first-order valence-corrected chi connectivity index (χ1v) is 6.44. The second-order valence-corrected chi connectivity index (χ2v) is 5.79. The van der Waals surface area contributed by atoms with Crippen molar-refractivity contribution < 1.29 is 9.31 Å². The molecule has 4 heteroatoms. The fourth-order valence-electron chi connectivity index (χ4n) is 2.12. The van der Waals surface area contributed by atoms with Crippen LogP contribution in [0.2, 0.25) is 0 Å². The number of nitrogens with one attached hydrogen (secondary N) is 1. The second kappa shape index (κ2) is 4.62. The maximum absolute atomic E-state index is 7.61. The average molecular weight is 257 g/mol. The smallest absolute Gasteiger partial charge is 0.399 e. The molecule has 0 amide bonds. The zero-order valence-corrected chi connectivity index (χ0v) is 12.0. The Labute approximate surface area is 115 Å². The predicted molar refractivity (Wildman–Crippen MR) is 80.1 cm³/mol. The van der Waals surface area contributed by atoms with E-state index in [2.05, 4.69) is 6.58 Å². The molecule has 0 bridgehead atoms. The fourth-order valence-corrected chi connectivity index (χ4v) is 2.12. The van der Waals surface area contributed by atoms with Crippen LogP contribution in [0.5, 0.6) is 0 Å². The molecule has 2 rings (SSSR count). The molecule has 1 aromatic carbocycles. The number of rotatable bonds is 3. The van der Waals surface area contributed by atoms with Gasteiger partial charge in [-0.25, -0.2) is 0 Å². The molecule has 3 nitrogen and oxygen atoms in total. The minimum Gasteiger partial charge on any atom is -0.399 e. The SMILES string of the molecule is C=Cc1cccc(B2OC(C)(C)C(C)(C)O2)c1C=N. The Kier molecular flexibility index (Phi) is 3.41. The summed E-state index contributed by atoms with van der Waals surface area (Å²) in [5.74, 6) is 0. The van der Waals surface area contributed by atoms with E-state index in [4.69, 9.17) is 14.7 Å². The monoisotopic (exact) mass is 257 g/mol. The van der Waals surface area contributed by atoms with Crippen molar-refractivity contribution in [3.05, 3.63) is 35.9 Å². The predicted octanol–water partition coefficient (Wildman–Crippen LogP) is 2.63. The van der Waals surface area contributed by atoms with E-state index >= 15 is 0 Å². The van der Waals surface area contributed by atoms with Gasteiger partial charge in [-0.05, 0) is 44.3 Å².